The van der Waals surface area contributed by atoms with Gasteiger partial charge in [0.05, 0.1) is 6.10 Å². The monoisotopic (exact) mass is 331 g/mol. The molecule has 142 valence electrons. The van der Waals surface area contributed by atoms with Gasteiger partial charge in [-0.25, -0.2) is 0 Å². The Labute approximate surface area is 146 Å². The summed E-state index contributed by atoms with van der Waals surface area (Å²) >= 11 is 0. The van der Waals surface area contributed by atoms with Gasteiger partial charge in [0.1, 0.15) is 0 Å². The number of hydrogen-bond donors (Lipinski definition) is 3. The predicted molar refractivity (Wildman–Crippen MR) is 103 cm³/mol. The summed E-state index contributed by atoms with van der Waals surface area (Å²) in [5.74, 6) is 1.46. The Hall–Kier alpha value is -0.120. The summed E-state index contributed by atoms with van der Waals surface area (Å²) in [6.07, 6.45) is 12.8. The molecule has 23 heavy (non-hydrogen) atoms. The lowest BCUT2D eigenvalue weighted by Gasteiger charge is -2.18. The van der Waals surface area contributed by atoms with E-state index in [-0.39, 0.29) is 6.10 Å². The van der Waals surface area contributed by atoms with Crippen LogP contribution in [0.15, 0.2) is 0 Å². The first-order valence-corrected chi connectivity index (χ1v) is 10.0. The summed E-state index contributed by atoms with van der Waals surface area (Å²) in [5.41, 5.74) is 5.19. The van der Waals surface area contributed by atoms with Crippen LogP contribution in [0.5, 0.6) is 0 Å². The Morgan fingerprint density at radius 2 is 1.57 bits per heavy atom. The molecule has 0 aromatic carbocycles. The van der Waals surface area contributed by atoms with Crippen LogP contribution in [0, 0.1) is 11.8 Å². The Morgan fingerprint density at radius 1 is 0.870 bits per heavy atom. The number of aliphatic hydroxyl groups is 2. The largest absolute Gasteiger partial charge is 0.396 e. The van der Waals surface area contributed by atoms with E-state index in [2.05, 4.69) is 27.7 Å². The molecule has 0 spiro atoms. The molecular weight excluding hydrogens is 286 g/mol. The topological polar surface area (TPSA) is 66.5 Å². The van der Waals surface area contributed by atoms with E-state index in [9.17, 15) is 5.11 Å². The molecule has 0 saturated heterocycles. The van der Waals surface area contributed by atoms with Gasteiger partial charge in [-0.2, -0.15) is 0 Å². The number of nitrogens with two attached hydrogens (primary N) is 1. The third-order valence-electron chi connectivity index (χ3n) is 4.31. The highest BCUT2D eigenvalue weighted by Gasteiger charge is 2.11. The zero-order chi connectivity index (χ0) is 17.9. The number of unbranched alkanes of at least 4 members (excludes halogenated alkanes) is 4. The van der Waals surface area contributed by atoms with Crippen LogP contribution in [0.2, 0.25) is 0 Å². The standard InChI is InChI=1S/C15H32O.C5H13NO/c1-5-7-8-9-14(6-2)10-11-15(16)12-13(3)4;6-4-2-1-3-5-7/h13-16H,5-12H2,1-4H3;7H,1-6H2. The predicted octanol–water partition coefficient (Wildman–Crippen LogP) is 4.89. The maximum absolute atomic E-state index is 9.84. The van der Waals surface area contributed by atoms with Gasteiger partial charge in [-0.05, 0) is 56.9 Å². The molecule has 0 aromatic rings. The van der Waals surface area contributed by atoms with E-state index in [1.54, 1.807) is 0 Å². The van der Waals surface area contributed by atoms with E-state index in [1.165, 1.54) is 38.5 Å². The van der Waals surface area contributed by atoms with E-state index in [0.29, 0.717) is 12.5 Å². The summed E-state index contributed by atoms with van der Waals surface area (Å²) in [6.45, 7) is 9.96. The second-order valence-corrected chi connectivity index (χ2v) is 7.20. The summed E-state index contributed by atoms with van der Waals surface area (Å²) in [4.78, 5) is 0. The molecule has 0 amide bonds. The van der Waals surface area contributed by atoms with Crippen molar-refractivity contribution in [2.24, 2.45) is 17.6 Å². The summed E-state index contributed by atoms with van der Waals surface area (Å²) in [7, 11) is 0. The van der Waals surface area contributed by atoms with Gasteiger partial charge in [0, 0.05) is 6.61 Å². The van der Waals surface area contributed by atoms with Crippen LogP contribution in [0.1, 0.15) is 98.3 Å². The Morgan fingerprint density at radius 3 is 2.04 bits per heavy atom. The maximum atomic E-state index is 9.84. The highest BCUT2D eigenvalue weighted by Crippen LogP contribution is 2.21. The van der Waals surface area contributed by atoms with E-state index in [1.807, 2.05) is 0 Å². The lowest BCUT2D eigenvalue weighted by molar-refractivity contribution is 0.129. The van der Waals surface area contributed by atoms with E-state index >= 15 is 0 Å². The second-order valence-electron chi connectivity index (χ2n) is 7.20. The lowest BCUT2D eigenvalue weighted by atomic mass is 9.91. The molecule has 2 atom stereocenters. The highest BCUT2D eigenvalue weighted by molar-refractivity contribution is 4.64. The van der Waals surface area contributed by atoms with Gasteiger partial charge in [-0.1, -0.05) is 59.8 Å². The number of hydrogen-bond acceptors (Lipinski definition) is 3. The molecular formula is C20H45NO2. The number of rotatable bonds is 14. The van der Waals surface area contributed by atoms with Gasteiger partial charge >= 0.3 is 0 Å². The minimum atomic E-state index is -0.0692. The van der Waals surface area contributed by atoms with Crippen molar-refractivity contribution in [3.8, 4) is 0 Å². The van der Waals surface area contributed by atoms with Crippen molar-refractivity contribution in [2.75, 3.05) is 13.2 Å². The van der Waals surface area contributed by atoms with Crippen molar-refractivity contribution in [1.82, 2.24) is 0 Å². The van der Waals surface area contributed by atoms with Crippen molar-refractivity contribution in [3.05, 3.63) is 0 Å². The van der Waals surface area contributed by atoms with Crippen LogP contribution in [0.3, 0.4) is 0 Å². The quantitative estimate of drug-likeness (QED) is 0.397. The van der Waals surface area contributed by atoms with Gasteiger partial charge < -0.3 is 15.9 Å². The average molecular weight is 332 g/mol. The maximum Gasteiger partial charge on any atom is 0.0542 e. The van der Waals surface area contributed by atoms with Crippen molar-refractivity contribution < 1.29 is 10.2 Å². The zero-order valence-electron chi connectivity index (χ0n) is 16.4. The van der Waals surface area contributed by atoms with Gasteiger partial charge in [-0.3, -0.25) is 0 Å². The Bertz CT molecular complexity index is 206. The Balaban J connectivity index is 0. The van der Waals surface area contributed by atoms with E-state index in [0.717, 1.165) is 44.6 Å². The molecule has 0 heterocycles. The minimum absolute atomic E-state index is 0.0692. The fraction of sp³-hybridized carbons (Fsp3) is 1.00. The Kier molecular flexibility index (Phi) is 21.8. The third kappa shape index (κ3) is 21.9. The van der Waals surface area contributed by atoms with Crippen LogP contribution in [0.4, 0.5) is 0 Å². The van der Waals surface area contributed by atoms with Crippen LogP contribution in [0.25, 0.3) is 0 Å². The fourth-order valence-corrected chi connectivity index (χ4v) is 2.76. The van der Waals surface area contributed by atoms with Gasteiger partial charge in [0.15, 0.2) is 0 Å². The molecule has 4 N–H and O–H groups in total. The molecule has 2 unspecified atom stereocenters. The van der Waals surface area contributed by atoms with Crippen LogP contribution in [-0.2, 0) is 0 Å². The molecule has 0 rings (SSSR count). The van der Waals surface area contributed by atoms with Gasteiger partial charge in [0.25, 0.3) is 0 Å². The normalized spacial score (nSPS) is 13.6. The summed E-state index contributed by atoms with van der Waals surface area (Å²) in [5, 5.41) is 18.1. The van der Waals surface area contributed by atoms with Crippen molar-refractivity contribution in [1.29, 1.82) is 0 Å². The molecule has 3 heteroatoms. The van der Waals surface area contributed by atoms with E-state index in [4.69, 9.17) is 10.8 Å². The minimum Gasteiger partial charge on any atom is -0.396 e. The lowest BCUT2D eigenvalue weighted by Crippen LogP contribution is -2.12. The third-order valence-corrected chi connectivity index (χ3v) is 4.31. The second kappa shape index (κ2) is 19.9. The zero-order valence-corrected chi connectivity index (χ0v) is 16.4. The molecule has 0 fully saturated rings. The summed E-state index contributed by atoms with van der Waals surface area (Å²) < 4.78 is 0. The SMILES string of the molecule is CCCCCC(CC)CCC(O)CC(C)C.NCCCCCO. The van der Waals surface area contributed by atoms with Gasteiger partial charge in [0.2, 0.25) is 0 Å². The first kappa shape index (κ1) is 25.1. The fourth-order valence-electron chi connectivity index (χ4n) is 2.76. The molecule has 0 aromatic heterocycles. The molecule has 0 saturated carbocycles. The molecule has 0 aliphatic heterocycles. The molecule has 3 nitrogen and oxygen atoms in total. The number of aliphatic hydroxyl groups excluding tert-OH is 2. The first-order chi connectivity index (χ1) is 11.0. The highest BCUT2D eigenvalue weighted by atomic mass is 16.3. The van der Waals surface area contributed by atoms with Crippen molar-refractivity contribution >= 4 is 0 Å². The molecule has 0 radical (unpaired) electrons. The van der Waals surface area contributed by atoms with Gasteiger partial charge in [-0.15, -0.1) is 0 Å². The van der Waals surface area contributed by atoms with Crippen LogP contribution >= 0.6 is 0 Å². The molecule has 0 bridgehead atoms. The summed E-state index contributed by atoms with van der Waals surface area (Å²) in [6, 6.07) is 0. The molecule has 0 aliphatic carbocycles. The average Bonchev–Trinajstić information content (AvgIpc) is 2.51. The molecule has 0 aliphatic rings. The van der Waals surface area contributed by atoms with Crippen LogP contribution in [-0.4, -0.2) is 29.5 Å². The van der Waals surface area contributed by atoms with Crippen molar-refractivity contribution in [3.63, 3.8) is 0 Å². The first-order valence-electron chi connectivity index (χ1n) is 10.0. The smallest absolute Gasteiger partial charge is 0.0542 e. The van der Waals surface area contributed by atoms with E-state index < -0.39 is 0 Å². The van der Waals surface area contributed by atoms with Crippen molar-refractivity contribution in [2.45, 2.75) is 104 Å². The van der Waals surface area contributed by atoms with Crippen LogP contribution < -0.4 is 5.73 Å².